The maximum Gasteiger partial charge on any atom is 0.307 e. The molecule has 0 bridgehead atoms. The molecule has 1 N–H and O–H groups in total. The minimum atomic E-state index is -0.700. The number of benzene rings is 1. The zero-order chi connectivity index (χ0) is 16.9. The molecule has 2 fully saturated rings. The number of carboxylic acid groups (broad SMARTS) is 1. The van der Waals surface area contributed by atoms with Crippen molar-refractivity contribution in [1.29, 1.82) is 0 Å². The molecular weight excluding hydrogens is 304 g/mol. The van der Waals surface area contributed by atoms with Gasteiger partial charge >= 0.3 is 5.97 Å². The highest BCUT2D eigenvalue weighted by atomic mass is 16.4. The molecule has 130 valence electrons. The standard InChI is InChI=1S/C19H26N2O3/c22-18(21-10-2-1-3-11-21)16-7-4-6-15(12-16)13-20-9-5-8-17(14-20)19(23)24/h4,6-7,12,17H,1-3,5,8-11,13-14H2,(H,23,24). The Morgan fingerprint density at radius 3 is 2.62 bits per heavy atom. The normalized spacial score (nSPS) is 22.3. The summed E-state index contributed by atoms with van der Waals surface area (Å²) < 4.78 is 0. The number of nitrogens with zero attached hydrogens (tertiary/aromatic N) is 2. The lowest BCUT2D eigenvalue weighted by Gasteiger charge is -2.31. The third-order valence-electron chi connectivity index (χ3n) is 5.08. The number of aliphatic carboxylic acids is 1. The van der Waals surface area contributed by atoms with Crippen molar-refractivity contribution in [3.8, 4) is 0 Å². The second kappa shape index (κ2) is 7.79. The third-order valence-corrected chi connectivity index (χ3v) is 5.08. The number of likely N-dealkylation sites (tertiary alicyclic amines) is 2. The van der Waals surface area contributed by atoms with Crippen LogP contribution in [0.15, 0.2) is 24.3 Å². The van der Waals surface area contributed by atoms with E-state index in [0.29, 0.717) is 13.1 Å². The van der Waals surface area contributed by atoms with Gasteiger partial charge in [0.15, 0.2) is 0 Å². The average Bonchev–Trinajstić information content (AvgIpc) is 2.62. The highest BCUT2D eigenvalue weighted by Gasteiger charge is 2.25. The average molecular weight is 330 g/mol. The summed E-state index contributed by atoms with van der Waals surface area (Å²) in [6.45, 7) is 3.95. The van der Waals surface area contributed by atoms with Crippen LogP contribution in [0.5, 0.6) is 0 Å². The first kappa shape index (κ1) is 17.0. The van der Waals surface area contributed by atoms with Gasteiger partial charge in [0.2, 0.25) is 0 Å². The van der Waals surface area contributed by atoms with Crippen LogP contribution < -0.4 is 0 Å². The molecule has 0 saturated carbocycles. The quantitative estimate of drug-likeness (QED) is 0.922. The summed E-state index contributed by atoms with van der Waals surface area (Å²) in [6, 6.07) is 7.82. The highest BCUT2D eigenvalue weighted by molar-refractivity contribution is 5.94. The van der Waals surface area contributed by atoms with Crippen LogP contribution in [0.3, 0.4) is 0 Å². The first-order valence-electron chi connectivity index (χ1n) is 8.97. The molecule has 0 aliphatic carbocycles. The number of carbonyl (C=O) groups excluding carboxylic acids is 1. The number of piperidine rings is 2. The number of rotatable bonds is 4. The number of carbonyl (C=O) groups is 2. The second-order valence-corrected chi connectivity index (χ2v) is 6.97. The fourth-order valence-electron chi connectivity index (χ4n) is 3.74. The van der Waals surface area contributed by atoms with Gasteiger partial charge in [-0.3, -0.25) is 14.5 Å². The van der Waals surface area contributed by atoms with E-state index in [1.807, 2.05) is 29.2 Å². The molecule has 0 aromatic heterocycles. The Bertz CT molecular complexity index is 596. The SMILES string of the molecule is O=C(O)C1CCCN(Cc2cccc(C(=O)N3CCCCC3)c2)C1. The maximum atomic E-state index is 12.6. The zero-order valence-electron chi connectivity index (χ0n) is 14.1. The predicted octanol–water partition coefficient (Wildman–Crippen LogP) is 2.61. The Kier molecular flexibility index (Phi) is 5.51. The van der Waals surface area contributed by atoms with E-state index < -0.39 is 5.97 Å². The summed E-state index contributed by atoms with van der Waals surface area (Å²) in [5.74, 6) is -0.843. The fraction of sp³-hybridized carbons (Fsp3) is 0.579. The van der Waals surface area contributed by atoms with E-state index in [4.69, 9.17) is 0 Å². The zero-order valence-corrected chi connectivity index (χ0v) is 14.1. The van der Waals surface area contributed by atoms with Crippen LogP contribution in [0.25, 0.3) is 0 Å². The molecule has 5 heteroatoms. The molecule has 1 aromatic carbocycles. The van der Waals surface area contributed by atoms with Crippen molar-refractivity contribution in [3.63, 3.8) is 0 Å². The van der Waals surface area contributed by atoms with E-state index in [2.05, 4.69) is 4.90 Å². The first-order valence-corrected chi connectivity index (χ1v) is 8.97. The lowest BCUT2D eigenvalue weighted by molar-refractivity contribution is -0.143. The van der Waals surface area contributed by atoms with Gasteiger partial charge in [0.05, 0.1) is 5.92 Å². The number of carboxylic acids is 1. The molecule has 2 heterocycles. The molecule has 24 heavy (non-hydrogen) atoms. The van der Waals surface area contributed by atoms with Gasteiger partial charge in [-0.2, -0.15) is 0 Å². The minimum absolute atomic E-state index is 0.124. The van der Waals surface area contributed by atoms with Crippen molar-refractivity contribution in [1.82, 2.24) is 9.80 Å². The molecule has 1 atom stereocenters. The van der Waals surface area contributed by atoms with Gasteiger partial charge in [-0.05, 0) is 56.3 Å². The van der Waals surface area contributed by atoms with Crippen LogP contribution in [0.4, 0.5) is 0 Å². The van der Waals surface area contributed by atoms with Gasteiger partial charge in [0.25, 0.3) is 5.91 Å². The van der Waals surface area contributed by atoms with Crippen molar-refractivity contribution in [2.45, 2.75) is 38.6 Å². The molecule has 3 rings (SSSR count). The molecule has 5 nitrogen and oxygen atoms in total. The van der Waals surface area contributed by atoms with E-state index >= 15 is 0 Å². The van der Waals surface area contributed by atoms with E-state index in [1.165, 1.54) is 6.42 Å². The fourth-order valence-corrected chi connectivity index (χ4v) is 3.74. The van der Waals surface area contributed by atoms with Crippen LogP contribution in [0.1, 0.15) is 48.0 Å². The van der Waals surface area contributed by atoms with E-state index in [1.54, 1.807) is 0 Å². The monoisotopic (exact) mass is 330 g/mol. The lowest BCUT2D eigenvalue weighted by atomic mass is 9.97. The Morgan fingerprint density at radius 2 is 1.88 bits per heavy atom. The smallest absolute Gasteiger partial charge is 0.307 e. The summed E-state index contributed by atoms with van der Waals surface area (Å²) in [5, 5.41) is 9.21. The van der Waals surface area contributed by atoms with Gasteiger partial charge in [-0.25, -0.2) is 0 Å². The first-order chi connectivity index (χ1) is 11.6. The van der Waals surface area contributed by atoms with E-state index in [9.17, 15) is 14.7 Å². The van der Waals surface area contributed by atoms with Crippen LogP contribution in [0, 0.1) is 5.92 Å². The third kappa shape index (κ3) is 4.15. The van der Waals surface area contributed by atoms with Crippen molar-refractivity contribution < 1.29 is 14.7 Å². The van der Waals surface area contributed by atoms with Crippen LogP contribution in [0.2, 0.25) is 0 Å². The second-order valence-electron chi connectivity index (χ2n) is 6.97. The van der Waals surface area contributed by atoms with Crippen molar-refractivity contribution in [2.24, 2.45) is 5.92 Å². The van der Waals surface area contributed by atoms with Crippen LogP contribution in [-0.4, -0.2) is 53.0 Å². The Hall–Kier alpha value is -1.88. The molecule has 1 amide bonds. The molecule has 2 aliphatic heterocycles. The van der Waals surface area contributed by atoms with E-state index in [-0.39, 0.29) is 11.8 Å². The lowest BCUT2D eigenvalue weighted by Crippen LogP contribution is -2.38. The Balaban J connectivity index is 1.64. The molecule has 0 radical (unpaired) electrons. The van der Waals surface area contributed by atoms with Crippen LogP contribution >= 0.6 is 0 Å². The summed E-state index contributed by atoms with van der Waals surface area (Å²) in [4.78, 5) is 27.9. The van der Waals surface area contributed by atoms with Gasteiger partial charge in [0.1, 0.15) is 0 Å². The summed E-state index contributed by atoms with van der Waals surface area (Å²) in [7, 11) is 0. The molecule has 0 spiro atoms. The molecule has 2 aliphatic rings. The van der Waals surface area contributed by atoms with E-state index in [0.717, 1.165) is 56.4 Å². The summed E-state index contributed by atoms with van der Waals surface area (Å²) >= 11 is 0. The van der Waals surface area contributed by atoms with Gasteiger partial charge in [-0.1, -0.05) is 12.1 Å². The Labute approximate surface area is 143 Å². The number of amides is 1. The summed E-state index contributed by atoms with van der Waals surface area (Å²) in [5.41, 5.74) is 1.84. The van der Waals surface area contributed by atoms with Gasteiger partial charge in [0, 0.05) is 31.7 Å². The topological polar surface area (TPSA) is 60.9 Å². The minimum Gasteiger partial charge on any atom is -0.481 e. The molecule has 2 saturated heterocycles. The number of hydrogen-bond donors (Lipinski definition) is 1. The highest BCUT2D eigenvalue weighted by Crippen LogP contribution is 2.20. The van der Waals surface area contributed by atoms with Crippen LogP contribution in [-0.2, 0) is 11.3 Å². The Morgan fingerprint density at radius 1 is 1.08 bits per heavy atom. The molecule has 1 aromatic rings. The van der Waals surface area contributed by atoms with Gasteiger partial charge in [-0.15, -0.1) is 0 Å². The molecular formula is C19H26N2O3. The molecule has 1 unspecified atom stereocenters. The largest absolute Gasteiger partial charge is 0.481 e. The maximum absolute atomic E-state index is 12.6. The van der Waals surface area contributed by atoms with Crippen molar-refractivity contribution in [2.75, 3.05) is 26.2 Å². The van der Waals surface area contributed by atoms with Gasteiger partial charge < -0.3 is 10.0 Å². The van der Waals surface area contributed by atoms with Crippen molar-refractivity contribution in [3.05, 3.63) is 35.4 Å². The summed E-state index contributed by atoms with van der Waals surface area (Å²) in [6.07, 6.45) is 5.08. The number of hydrogen-bond acceptors (Lipinski definition) is 3. The van der Waals surface area contributed by atoms with Crippen molar-refractivity contribution >= 4 is 11.9 Å². The predicted molar refractivity (Wildman–Crippen MR) is 91.8 cm³/mol.